The molecule has 0 radical (unpaired) electrons. The Kier molecular flexibility index (Phi) is 5.43. The van der Waals surface area contributed by atoms with E-state index in [0.717, 1.165) is 32.4 Å². The summed E-state index contributed by atoms with van der Waals surface area (Å²) in [6, 6.07) is 10.7. The lowest BCUT2D eigenvalue weighted by molar-refractivity contribution is 0.460. The molecule has 0 atom stereocenters. The number of benzene rings is 1. The molecule has 1 fully saturated rings. The lowest BCUT2D eigenvalue weighted by Gasteiger charge is -2.24. The van der Waals surface area contributed by atoms with Crippen LogP contribution in [0, 0.1) is 0 Å². The molecule has 2 rings (SSSR count). The van der Waals surface area contributed by atoms with Gasteiger partial charge in [0, 0.05) is 25.3 Å². The first-order valence-corrected chi connectivity index (χ1v) is 9.09. The van der Waals surface area contributed by atoms with E-state index in [9.17, 15) is 8.42 Å². The number of nitrogens with zero attached hydrogens (tertiary/aromatic N) is 1. The van der Waals surface area contributed by atoms with E-state index in [4.69, 9.17) is 0 Å². The lowest BCUT2D eigenvalue weighted by Crippen LogP contribution is -2.38. The van der Waals surface area contributed by atoms with E-state index >= 15 is 0 Å². The maximum Gasteiger partial charge on any atom is 0.150 e. The van der Waals surface area contributed by atoms with Gasteiger partial charge in [-0.15, -0.1) is 0 Å². The fourth-order valence-corrected chi connectivity index (χ4v) is 4.02. The van der Waals surface area contributed by atoms with E-state index in [0.29, 0.717) is 17.5 Å². The largest absolute Gasteiger partial charge is 0.375 e. The van der Waals surface area contributed by atoms with Gasteiger partial charge in [-0.3, -0.25) is 0 Å². The van der Waals surface area contributed by atoms with Crippen molar-refractivity contribution in [3.05, 3.63) is 30.3 Å². The molecule has 1 aliphatic rings. The summed E-state index contributed by atoms with van der Waals surface area (Å²) >= 11 is 0. The molecule has 0 unspecified atom stereocenters. The maximum absolute atomic E-state index is 11.3. The minimum atomic E-state index is -2.74. The Morgan fingerprint density at radius 2 is 1.85 bits per heavy atom. The van der Waals surface area contributed by atoms with E-state index in [1.165, 1.54) is 5.69 Å². The third kappa shape index (κ3) is 4.80. The van der Waals surface area contributed by atoms with Gasteiger partial charge in [-0.05, 0) is 37.9 Å². The van der Waals surface area contributed by atoms with Crippen LogP contribution in [0.5, 0.6) is 0 Å². The van der Waals surface area contributed by atoms with Crippen molar-refractivity contribution < 1.29 is 8.42 Å². The van der Waals surface area contributed by atoms with Crippen LogP contribution in [-0.4, -0.2) is 46.1 Å². The summed E-state index contributed by atoms with van der Waals surface area (Å²) < 4.78 is 22.7. The summed E-state index contributed by atoms with van der Waals surface area (Å²) in [5.41, 5.74) is 1.23. The Hall–Kier alpha value is -1.07. The summed E-state index contributed by atoms with van der Waals surface area (Å²) in [5, 5.41) is 3.48. The number of hydrogen-bond donors (Lipinski definition) is 1. The number of para-hydroxylation sites is 1. The molecule has 0 amide bonds. The molecule has 1 N–H and O–H groups in total. The van der Waals surface area contributed by atoms with Crippen LogP contribution >= 0.6 is 0 Å². The van der Waals surface area contributed by atoms with Crippen molar-refractivity contribution in [1.82, 2.24) is 5.32 Å². The number of nitrogens with one attached hydrogen (secondary N) is 1. The molecular weight excluding hydrogens is 272 g/mol. The first kappa shape index (κ1) is 15.3. The van der Waals surface area contributed by atoms with Gasteiger partial charge in [-0.25, -0.2) is 8.42 Å². The normalized spacial score (nSPS) is 18.9. The van der Waals surface area contributed by atoms with Crippen molar-refractivity contribution in [3.63, 3.8) is 0 Å². The molecule has 1 aromatic rings. The van der Waals surface area contributed by atoms with Crippen molar-refractivity contribution in [2.45, 2.75) is 25.3 Å². The molecule has 1 heterocycles. The van der Waals surface area contributed by atoms with Gasteiger partial charge in [0.15, 0.2) is 0 Å². The molecule has 4 nitrogen and oxygen atoms in total. The van der Waals surface area contributed by atoms with E-state index in [-0.39, 0.29) is 0 Å². The average molecular weight is 296 g/mol. The molecule has 1 aromatic carbocycles. The van der Waals surface area contributed by atoms with Crippen LogP contribution in [0.4, 0.5) is 5.69 Å². The molecule has 0 aliphatic carbocycles. The number of sulfone groups is 1. The zero-order valence-electron chi connectivity index (χ0n) is 12.1. The van der Waals surface area contributed by atoms with E-state index in [2.05, 4.69) is 29.4 Å². The number of hydrogen-bond acceptors (Lipinski definition) is 4. The molecule has 112 valence electrons. The molecule has 20 heavy (non-hydrogen) atoms. The smallest absolute Gasteiger partial charge is 0.150 e. The zero-order valence-corrected chi connectivity index (χ0v) is 12.9. The Morgan fingerprint density at radius 1 is 1.20 bits per heavy atom. The second kappa shape index (κ2) is 7.09. The third-order valence-corrected chi connectivity index (χ3v) is 5.57. The predicted molar refractivity (Wildman–Crippen MR) is 84.0 cm³/mol. The van der Waals surface area contributed by atoms with Crippen LogP contribution in [0.25, 0.3) is 0 Å². The standard InChI is InChI=1S/C15H24N2O2S/c1-17(15-6-3-2-4-7-15)11-5-10-16-14-8-12-20(18,19)13-9-14/h2-4,6-7,14,16H,5,8-13H2,1H3. The van der Waals surface area contributed by atoms with Crippen LogP contribution < -0.4 is 10.2 Å². The lowest BCUT2D eigenvalue weighted by atomic mass is 10.1. The minimum absolute atomic E-state index is 0.342. The monoisotopic (exact) mass is 296 g/mol. The van der Waals surface area contributed by atoms with Gasteiger partial charge in [0.05, 0.1) is 11.5 Å². The Balaban J connectivity index is 1.62. The molecule has 5 heteroatoms. The Labute approximate surface area is 122 Å². The predicted octanol–water partition coefficient (Wildman–Crippen LogP) is 1.68. The molecule has 1 aliphatic heterocycles. The van der Waals surface area contributed by atoms with Crippen LogP contribution in [-0.2, 0) is 9.84 Å². The van der Waals surface area contributed by atoms with E-state index in [1.807, 2.05) is 18.2 Å². The van der Waals surface area contributed by atoms with Crippen molar-refractivity contribution in [1.29, 1.82) is 0 Å². The topological polar surface area (TPSA) is 49.4 Å². The zero-order chi connectivity index (χ0) is 14.4. The van der Waals surface area contributed by atoms with Crippen molar-refractivity contribution in [2.75, 3.05) is 36.5 Å². The van der Waals surface area contributed by atoms with Crippen molar-refractivity contribution >= 4 is 15.5 Å². The summed E-state index contributed by atoms with van der Waals surface area (Å²) in [5.74, 6) is 0.684. The van der Waals surface area contributed by atoms with Crippen LogP contribution in [0.2, 0.25) is 0 Å². The number of anilines is 1. The van der Waals surface area contributed by atoms with Crippen LogP contribution in [0.1, 0.15) is 19.3 Å². The van der Waals surface area contributed by atoms with Crippen LogP contribution in [0.3, 0.4) is 0 Å². The highest BCUT2D eigenvalue weighted by atomic mass is 32.2. The van der Waals surface area contributed by atoms with Gasteiger partial charge < -0.3 is 10.2 Å². The second-order valence-electron chi connectivity index (χ2n) is 5.49. The van der Waals surface area contributed by atoms with Gasteiger partial charge >= 0.3 is 0 Å². The van der Waals surface area contributed by atoms with Gasteiger partial charge in [0.25, 0.3) is 0 Å². The molecule has 0 bridgehead atoms. The molecule has 0 aromatic heterocycles. The summed E-state index contributed by atoms with van der Waals surface area (Å²) in [6.45, 7) is 1.95. The second-order valence-corrected chi connectivity index (χ2v) is 7.79. The number of rotatable bonds is 6. The summed E-state index contributed by atoms with van der Waals surface area (Å²) in [4.78, 5) is 2.24. The fourth-order valence-electron chi connectivity index (χ4n) is 2.53. The van der Waals surface area contributed by atoms with E-state index < -0.39 is 9.84 Å². The van der Waals surface area contributed by atoms with E-state index in [1.54, 1.807) is 0 Å². The quantitative estimate of drug-likeness (QED) is 0.812. The molecule has 0 saturated carbocycles. The highest BCUT2D eigenvalue weighted by Gasteiger charge is 2.22. The van der Waals surface area contributed by atoms with Crippen molar-refractivity contribution in [2.24, 2.45) is 0 Å². The SMILES string of the molecule is CN(CCCNC1CCS(=O)(=O)CC1)c1ccccc1. The molecule has 0 spiro atoms. The van der Waals surface area contributed by atoms with Crippen molar-refractivity contribution in [3.8, 4) is 0 Å². The maximum atomic E-state index is 11.3. The Morgan fingerprint density at radius 3 is 2.50 bits per heavy atom. The minimum Gasteiger partial charge on any atom is -0.375 e. The van der Waals surface area contributed by atoms with Gasteiger partial charge in [-0.1, -0.05) is 18.2 Å². The van der Waals surface area contributed by atoms with Gasteiger partial charge in [0.1, 0.15) is 9.84 Å². The van der Waals surface area contributed by atoms with Gasteiger partial charge in [-0.2, -0.15) is 0 Å². The summed E-state index contributed by atoms with van der Waals surface area (Å²) in [7, 11) is -0.644. The molecule has 1 saturated heterocycles. The van der Waals surface area contributed by atoms with Crippen LogP contribution in [0.15, 0.2) is 30.3 Å². The first-order chi connectivity index (χ1) is 9.57. The highest BCUT2D eigenvalue weighted by molar-refractivity contribution is 7.91. The first-order valence-electron chi connectivity index (χ1n) is 7.27. The highest BCUT2D eigenvalue weighted by Crippen LogP contribution is 2.13. The third-order valence-electron chi connectivity index (χ3n) is 3.85. The summed E-state index contributed by atoms with van der Waals surface area (Å²) in [6.07, 6.45) is 2.59. The Bertz CT molecular complexity index is 488. The average Bonchev–Trinajstić information content (AvgIpc) is 2.46. The molecular formula is C15H24N2O2S. The fraction of sp³-hybridized carbons (Fsp3) is 0.600. The van der Waals surface area contributed by atoms with Gasteiger partial charge in [0.2, 0.25) is 0 Å².